The highest BCUT2D eigenvalue weighted by Crippen LogP contribution is 2.29. The first-order chi connectivity index (χ1) is 9.85. The summed E-state index contributed by atoms with van der Waals surface area (Å²) in [5, 5.41) is 0. The molecule has 126 valence electrons. The molecule has 1 unspecified atom stereocenters. The maximum absolute atomic E-state index is 13.7. The van der Waals surface area contributed by atoms with Crippen molar-refractivity contribution in [2.75, 3.05) is 6.54 Å². The van der Waals surface area contributed by atoms with Crippen LogP contribution in [0.25, 0.3) is 0 Å². The molecule has 2 rings (SSSR count). The molecule has 0 amide bonds. The SMILES string of the molecule is Cl.NCC(NS(=O)(=O)c1cc(Br)c(F)cc1F)C1CCCC1. The zero-order chi connectivity index (χ0) is 15.6. The van der Waals surface area contributed by atoms with Gasteiger partial charge in [0.1, 0.15) is 16.5 Å². The molecule has 1 saturated carbocycles. The van der Waals surface area contributed by atoms with Crippen molar-refractivity contribution in [3.05, 3.63) is 28.2 Å². The summed E-state index contributed by atoms with van der Waals surface area (Å²) in [6.07, 6.45) is 3.89. The Labute approximate surface area is 143 Å². The third kappa shape index (κ3) is 4.38. The fourth-order valence-corrected chi connectivity index (χ4v) is 4.57. The van der Waals surface area contributed by atoms with Crippen LogP contribution in [0.2, 0.25) is 0 Å². The molecular formula is C13H18BrClF2N2O2S. The van der Waals surface area contributed by atoms with E-state index in [4.69, 9.17) is 5.73 Å². The van der Waals surface area contributed by atoms with Gasteiger partial charge >= 0.3 is 0 Å². The summed E-state index contributed by atoms with van der Waals surface area (Å²) >= 11 is 2.86. The van der Waals surface area contributed by atoms with Gasteiger partial charge in [-0.1, -0.05) is 12.8 Å². The summed E-state index contributed by atoms with van der Waals surface area (Å²) in [6.45, 7) is 0.147. The Morgan fingerprint density at radius 3 is 2.41 bits per heavy atom. The largest absolute Gasteiger partial charge is 0.329 e. The molecular weight excluding hydrogens is 402 g/mol. The lowest BCUT2D eigenvalue weighted by Crippen LogP contribution is -2.44. The number of hydrogen-bond donors (Lipinski definition) is 2. The van der Waals surface area contributed by atoms with Crippen molar-refractivity contribution in [1.82, 2.24) is 4.72 Å². The number of sulfonamides is 1. The highest BCUT2D eigenvalue weighted by molar-refractivity contribution is 9.10. The van der Waals surface area contributed by atoms with Gasteiger partial charge in [0.15, 0.2) is 0 Å². The van der Waals surface area contributed by atoms with E-state index in [1.807, 2.05) is 0 Å². The van der Waals surface area contributed by atoms with Gasteiger partial charge < -0.3 is 5.73 Å². The van der Waals surface area contributed by atoms with Gasteiger partial charge in [-0.25, -0.2) is 21.9 Å². The average Bonchev–Trinajstić information content (AvgIpc) is 2.94. The summed E-state index contributed by atoms with van der Waals surface area (Å²) in [7, 11) is -4.08. The third-order valence-electron chi connectivity index (χ3n) is 3.79. The smallest absolute Gasteiger partial charge is 0.243 e. The predicted octanol–water partition coefficient (Wildman–Crippen LogP) is 2.94. The summed E-state index contributed by atoms with van der Waals surface area (Å²) in [6, 6.07) is 1.04. The van der Waals surface area contributed by atoms with Crippen LogP contribution in [0, 0.1) is 17.6 Å². The molecule has 22 heavy (non-hydrogen) atoms. The number of halogens is 4. The highest BCUT2D eigenvalue weighted by Gasteiger charge is 2.30. The molecule has 1 fully saturated rings. The van der Waals surface area contributed by atoms with Crippen LogP contribution >= 0.6 is 28.3 Å². The lowest BCUT2D eigenvalue weighted by molar-refractivity contribution is 0.404. The molecule has 0 heterocycles. The van der Waals surface area contributed by atoms with Gasteiger partial charge in [-0.3, -0.25) is 0 Å². The Balaban J connectivity index is 0.00000242. The van der Waals surface area contributed by atoms with Gasteiger partial charge in [-0.2, -0.15) is 0 Å². The van der Waals surface area contributed by atoms with Crippen molar-refractivity contribution in [3.63, 3.8) is 0 Å². The van der Waals surface area contributed by atoms with Crippen molar-refractivity contribution in [3.8, 4) is 0 Å². The molecule has 0 aromatic heterocycles. The zero-order valence-electron chi connectivity index (χ0n) is 11.7. The molecule has 0 aliphatic heterocycles. The molecule has 9 heteroatoms. The summed E-state index contributed by atoms with van der Waals surface area (Å²) < 4.78 is 53.9. The van der Waals surface area contributed by atoms with E-state index in [-0.39, 0.29) is 29.3 Å². The summed E-state index contributed by atoms with van der Waals surface area (Å²) in [5.74, 6) is -1.81. The van der Waals surface area contributed by atoms with Crippen LogP contribution in [-0.2, 0) is 10.0 Å². The van der Waals surface area contributed by atoms with E-state index in [1.54, 1.807) is 0 Å². The van der Waals surface area contributed by atoms with Gasteiger partial charge in [-0.15, -0.1) is 12.4 Å². The van der Waals surface area contributed by atoms with Crippen LogP contribution in [0.4, 0.5) is 8.78 Å². The Morgan fingerprint density at radius 1 is 1.27 bits per heavy atom. The molecule has 1 aromatic carbocycles. The molecule has 3 N–H and O–H groups in total. The Morgan fingerprint density at radius 2 is 1.86 bits per heavy atom. The van der Waals surface area contributed by atoms with Gasteiger partial charge in [-0.05, 0) is 40.8 Å². The van der Waals surface area contributed by atoms with Crippen LogP contribution in [0.1, 0.15) is 25.7 Å². The Bertz CT molecular complexity index is 625. The monoisotopic (exact) mass is 418 g/mol. The molecule has 0 saturated heterocycles. The summed E-state index contributed by atoms with van der Waals surface area (Å²) in [4.78, 5) is -0.577. The number of benzene rings is 1. The second-order valence-corrected chi connectivity index (χ2v) is 7.74. The summed E-state index contributed by atoms with van der Waals surface area (Å²) in [5.41, 5.74) is 5.64. The number of hydrogen-bond acceptors (Lipinski definition) is 3. The van der Waals surface area contributed by atoms with Crippen molar-refractivity contribution in [1.29, 1.82) is 0 Å². The van der Waals surface area contributed by atoms with Crippen LogP contribution in [0.5, 0.6) is 0 Å². The van der Waals surface area contributed by atoms with Crippen molar-refractivity contribution < 1.29 is 17.2 Å². The van der Waals surface area contributed by atoms with Gasteiger partial charge in [0, 0.05) is 18.7 Å². The molecule has 4 nitrogen and oxygen atoms in total. The number of rotatable bonds is 5. The Hall–Kier alpha value is -0.280. The lowest BCUT2D eigenvalue weighted by atomic mass is 9.99. The minimum absolute atomic E-state index is 0. The molecule has 1 aliphatic rings. The van der Waals surface area contributed by atoms with Crippen LogP contribution in [-0.4, -0.2) is 21.0 Å². The zero-order valence-corrected chi connectivity index (χ0v) is 14.9. The van der Waals surface area contributed by atoms with Crippen molar-refractivity contribution in [2.24, 2.45) is 11.7 Å². The lowest BCUT2D eigenvalue weighted by Gasteiger charge is -2.23. The second-order valence-electron chi connectivity index (χ2n) is 5.20. The van der Waals surface area contributed by atoms with Crippen LogP contribution < -0.4 is 10.5 Å². The second kappa shape index (κ2) is 8.01. The van der Waals surface area contributed by atoms with Gasteiger partial charge in [0.05, 0.1) is 4.47 Å². The number of nitrogens with two attached hydrogens (primary N) is 1. The highest BCUT2D eigenvalue weighted by atomic mass is 79.9. The third-order valence-corrected chi connectivity index (χ3v) is 5.91. The van der Waals surface area contributed by atoms with E-state index >= 15 is 0 Å². The van der Waals surface area contributed by atoms with Gasteiger partial charge in [0.2, 0.25) is 10.0 Å². The standard InChI is InChI=1S/C13H17BrF2N2O2S.ClH/c14-9-5-13(11(16)6-10(9)15)21(19,20)18-12(7-17)8-3-1-2-4-8;/h5-6,8,12,18H,1-4,7,17H2;1H. The predicted molar refractivity (Wildman–Crippen MR) is 86.4 cm³/mol. The Kier molecular flexibility index (Phi) is 7.20. The maximum Gasteiger partial charge on any atom is 0.243 e. The molecule has 0 radical (unpaired) electrons. The minimum Gasteiger partial charge on any atom is -0.329 e. The fraction of sp³-hybridized carbons (Fsp3) is 0.538. The maximum atomic E-state index is 13.7. The number of nitrogens with one attached hydrogen (secondary N) is 1. The normalized spacial score (nSPS) is 17.3. The first-order valence-electron chi connectivity index (χ1n) is 6.72. The fourth-order valence-electron chi connectivity index (χ4n) is 2.67. The van der Waals surface area contributed by atoms with Crippen molar-refractivity contribution in [2.45, 2.75) is 36.6 Å². The molecule has 1 aliphatic carbocycles. The van der Waals surface area contributed by atoms with E-state index in [9.17, 15) is 17.2 Å². The van der Waals surface area contributed by atoms with E-state index in [1.165, 1.54) is 0 Å². The van der Waals surface area contributed by atoms with E-state index in [2.05, 4.69) is 20.7 Å². The van der Waals surface area contributed by atoms with Crippen LogP contribution in [0.3, 0.4) is 0 Å². The van der Waals surface area contributed by atoms with Crippen LogP contribution in [0.15, 0.2) is 21.5 Å². The van der Waals surface area contributed by atoms with Gasteiger partial charge in [0.25, 0.3) is 0 Å². The first-order valence-corrected chi connectivity index (χ1v) is 8.99. The van der Waals surface area contributed by atoms with E-state index < -0.39 is 32.6 Å². The minimum atomic E-state index is -4.08. The molecule has 0 spiro atoms. The quantitative estimate of drug-likeness (QED) is 0.721. The molecule has 1 atom stereocenters. The van der Waals surface area contributed by atoms with E-state index in [0.29, 0.717) is 6.07 Å². The first kappa shape index (κ1) is 19.8. The molecule has 0 bridgehead atoms. The molecule has 1 aromatic rings. The van der Waals surface area contributed by atoms with Crippen molar-refractivity contribution >= 4 is 38.4 Å². The van der Waals surface area contributed by atoms with E-state index in [0.717, 1.165) is 31.7 Å². The average molecular weight is 420 g/mol. The topological polar surface area (TPSA) is 72.2 Å².